The van der Waals surface area contributed by atoms with Gasteiger partial charge in [-0.15, -0.1) is 11.3 Å². The Morgan fingerprint density at radius 2 is 2.20 bits per heavy atom. The predicted molar refractivity (Wildman–Crippen MR) is 63.0 cm³/mol. The van der Waals surface area contributed by atoms with E-state index in [0.29, 0.717) is 10.6 Å². The van der Waals surface area contributed by atoms with Crippen LogP contribution in [0.4, 0.5) is 0 Å². The van der Waals surface area contributed by atoms with E-state index in [-0.39, 0.29) is 0 Å². The van der Waals surface area contributed by atoms with E-state index < -0.39 is 5.97 Å². The summed E-state index contributed by atoms with van der Waals surface area (Å²) in [6, 6.07) is 5.34. The summed E-state index contributed by atoms with van der Waals surface area (Å²) >= 11 is 4.61. The largest absolute Gasteiger partial charge is 0.496 e. The second-order valence-electron chi connectivity index (χ2n) is 2.94. The molecule has 0 atom stereocenters. The molecular weight excluding hydrogens is 280 g/mol. The molecule has 0 spiro atoms. The van der Waals surface area contributed by atoms with Crippen LogP contribution in [-0.4, -0.2) is 18.2 Å². The molecule has 2 aromatic rings. The van der Waals surface area contributed by atoms with Crippen LogP contribution in [0.3, 0.4) is 0 Å². The number of fused-ring (bicyclic) bond motifs is 1. The summed E-state index contributed by atoms with van der Waals surface area (Å²) in [5.41, 5.74) is 0. The van der Waals surface area contributed by atoms with E-state index in [0.717, 1.165) is 14.6 Å². The fraction of sp³-hybridized carbons (Fsp3) is 0.100. The van der Waals surface area contributed by atoms with Crippen LogP contribution in [0.1, 0.15) is 9.67 Å². The average Bonchev–Trinajstić information content (AvgIpc) is 2.59. The average molecular weight is 287 g/mol. The summed E-state index contributed by atoms with van der Waals surface area (Å²) in [7, 11) is 1.58. The van der Waals surface area contributed by atoms with Crippen molar-refractivity contribution >= 4 is 43.3 Å². The maximum Gasteiger partial charge on any atom is 0.345 e. The van der Waals surface area contributed by atoms with Gasteiger partial charge >= 0.3 is 5.97 Å². The fourth-order valence-electron chi connectivity index (χ4n) is 1.30. The summed E-state index contributed by atoms with van der Waals surface area (Å²) in [5.74, 6) is -0.191. The summed E-state index contributed by atoms with van der Waals surface area (Å²) in [4.78, 5) is 11.1. The third-order valence-corrected chi connectivity index (χ3v) is 3.71. The lowest BCUT2D eigenvalue weighted by Crippen LogP contribution is -1.89. The molecule has 0 radical (unpaired) electrons. The smallest absolute Gasteiger partial charge is 0.345 e. The monoisotopic (exact) mass is 286 g/mol. The molecule has 2 rings (SSSR count). The van der Waals surface area contributed by atoms with Crippen molar-refractivity contribution in [2.45, 2.75) is 0 Å². The van der Waals surface area contributed by atoms with Crippen LogP contribution < -0.4 is 4.74 Å². The molecule has 3 nitrogen and oxygen atoms in total. The van der Waals surface area contributed by atoms with Crippen LogP contribution in [0.5, 0.6) is 5.75 Å². The van der Waals surface area contributed by atoms with E-state index in [1.165, 1.54) is 11.3 Å². The molecule has 1 N–H and O–H groups in total. The molecular formula is C10H7BrO3S. The first-order chi connectivity index (χ1) is 7.11. The zero-order valence-corrected chi connectivity index (χ0v) is 10.2. The van der Waals surface area contributed by atoms with Gasteiger partial charge in [-0.05, 0) is 39.5 Å². The van der Waals surface area contributed by atoms with E-state index >= 15 is 0 Å². The minimum atomic E-state index is -0.897. The molecule has 0 aliphatic heterocycles. The highest BCUT2D eigenvalue weighted by molar-refractivity contribution is 9.10. The van der Waals surface area contributed by atoms with Gasteiger partial charge in [-0.1, -0.05) is 0 Å². The standard InChI is InChI=1S/C10H7BrO3S/c1-14-7-2-5-3-9(10(12)13)15-8(5)4-6(7)11/h2-4H,1H3,(H,12,13). The third kappa shape index (κ3) is 1.85. The Morgan fingerprint density at radius 1 is 1.47 bits per heavy atom. The van der Waals surface area contributed by atoms with Gasteiger partial charge in [0.15, 0.2) is 0 Å². The molecule has 15 heavy (non-hydrogen) atoms. The van der Waals surface area contributed by atoms with Crippen molar-refractivity contribution in [1.29, 1.82) is 0 Å². The normalized spacial score (nSPS) is 10.5. The molecule has 0 amide bonds. The zero-order chi connectivity index (χ0) is 11.0. The number of thiophene rings is 1. The molecule has 0 saturated heterocycles. The van der Waals surface area contributed by atoms with Crippen molar-refractivity contribution in [1.82, 2.24) is 0 Å². The van der Waals surface area contributed by atoms with Gasteiger partial charge in [0.2, 0.25) is 0 Å². The van der Waals surface area contributed by atoms with E-state index in [2.05, 4.69) is 15.9 Å². The highest BCUT2D eigenvalue weighted by atomic mass is 79.9. The van der Waals surface area contributed by atoms with Crippen molar-refractivity contribution in [3.05, 3.63) is 27.5 Å². The number of rotatable bonds is 2. The second-order valence-corrected chi connectivity index (χ2v) is 4.88. The minimum Gasteiger partial charge on any atom is -0.496 e. The number of carboxylic acids is 1. The van der Waals surface area contributed by atoms with Gasteiger partial charge < -0.3 is 9.84 Å². The molecule has 78 valence electrons. The molecule has 0 saturated carbocycles. The van der Waals surface area contributed by atoms with Crippen LogP contribution in [0.25, 0.3) is 10.1 Å². The SMILES string of the molecule is COc1cc2cc(C(=O)O)sc2cc1Br. The maximum absolute atomic E-state index is 10.8. The Balaban J connectivity index is 2.66. The van der Waals surface area contributed by atoms with E-state index in [1.807, 2.05) is 12.1 Å². The van der Waals surface area contributed by atoms with Gasteiger partial charge in [0, 0.05) is 4.70 Å². The van der Waals surface area contributed by atoms with Gasteiger partial charge in [0.05, 0.1) is 11.6 Å². The van der Waals surface area contributed by atoms with Gasteiger partial charge in [-0.3, -0.25) is 0 Å². The fourth-order valence-corrected chi connectivity index (χ4v) is 2.88. The highest BCUT2D eigenvalue weighted by Gasteiger charge is 2.10. The van der Waals surface area contributed by atoms with Crippen LogP contribution in [0.2, 0.25) is 0 Å². The number of ether oxygens (including phenoxy) is 1. The predicted octanol–water partition coefficient (Wildman–Crippen LogP) is 3.37. The number of carboxylic acid groups (broad SMARTS) is 1. The van der Waals surface area contributed by atoms with Crippen molar-refractivity contribution in [2.24, 2.45) is 0 Å². The zero-order valence-electron chi connectivity index (χ0n) is 7.78. The third-order valence-electron chi connectivity index (χ3n) is 2.00. The quantitative estimate of drug-likeness (QED) is 0.921. The van der Waals surface area contributed by atoms with E-state index in [4.69, 9.17) is 9.84 Å². The molecule has 0 aliphatic carbocycles. The lowest BCUT2D eigenvalue weighted by Gasteiger charge is -2.01. The van der Waals surface area contributed by atoms with Gasteiger partial charge in [-0.25, -0.2) is 4.79 Å². The first-order valence-electron chi connectivity index (χ1n) is 4.12. The van der Waals surface area contributed by atoms with Gasteiger partial charge in [0.1, 0.15) is 10.6 Å². The molecule has 0 fully saturated rings. The topological polar surface area (TPSA) is 46.5 Å². The number of carbonyl (C=O) groups is 1. The number of methoxy groups -OCH3 is 1. The highest BCUT2D eigenvalue weighted by Crippen LogP contribution is 2.34. The molecule has 5 heteroatoms. The van der Waals surface area contributed by atoms with Crippen molar-refractivity contribution in [2.75, 3.05) is 7.11 Å². The Hall–Kier alpha value is -1.07. The first-order valence-corrected chi connectivity index (χ1v) is 5.73. The Morgan fingerprint density at radius 3 is 2.80 bits per heavy atom. The lowest BCUT2D eigenvalue weighted by molar-refractivity contribution is 0.0702. The van der Waals surface area contributed by atoms with Crippen molar-refractivity contribution in [3.8, 4) is 5.75 Å². The Labute approximate surface area is 98.4 Å². The molecule has 1 aromatic heterocycles. The van der Waals surface area contributed by atoms with Crippen LogP contribution in [0, 0.1) is 0 Å². The molecule has 0 unspecified atom stereocenters. The van der Waals surface area contributed by atoms with E-state index in [1.54, 1.807) is 13.2 Å². The summed E-state index contributed by atoms with van der Waals surface area (Å²) in [5, 5.41) is 9.74. The van der Waals surface area contributed by atoms with Gasteiger partial charge in [0.25, 0.3) is 0 Å². The van der Waals surface area contributed by atoms with Crippen molar-refractivity contribution in [3.63, 3.8) is 0 Å². The minimum absolute atomic E-state index is 0.338. The van der Waals surface area contributed by atoms with Crippen molar-refractivity contribution < 1.29 is 14.6 Å². The Bertz CT molecular complexity index is 533. The number of benzene rings is 1. The first kappa shape index (κ1) is 10.4. The summed E-state index contributed by atoms with van der Waals surface area (Å²) < 4.78 is 6.89. The molecule has 1 heterocycles. The molecule has 1 aromatic carbocycles. The number of hydrogen-bond donors (Lipinski definition) is 1. The molecule has 0 bridgehead atoms. The summed E-state index contributed by atoms with van der Waals surface area (Å²) in [6.07, 6.45) is 0. The maximum atomic E-state index is 10.8. The molecule has 0 aliphatic rings. The second kappa shape index (κ2) is 3.83. The van der Waals surface area contributed by atoms with E-state index in [9.17, 15) is 4.79 Å². The van der Waals surface area contributed by atoms with Crippen LogP contribution >= 0.6 is 27.3 Å². The number of halogens is 1. The summed E-state index contributed by atoms with van der Waals surface area (Å²) in [6.45, 7) is 0. The lowest BCUT2D eigenvalue weighted by atomic mass is 10.2. The number of aromatic carboxylic acids is 1. The Kier molecular flexibility index (Phi) is 2.67. The number of hydrogen-bond acceptors (Lipinski definition) is 3. The van der Waals surface area contributed by atoms with Gasteiger partial charge in [-0.2, -0.15) is 0 Å². The van der Waals surface area contributed by atoms with Crippen LogP contribution in [-0.2, 0) is 0 Å². The van der Waals surface area contributed by atoms with Crippen LogP contribution in [0.15, 0.2) is 22.7 Å².